The van der Waals surface area contributed by atoms with Crippen LogP contribution in [-0.4, -0.2) is 28.2 Å². The second-order valence-electron chi connectivity index (χ2n) is 5.29. The van der Waals surface area contributed by atoms with Crippen molar-refractivity contribution in [3.63, 3.8) is 0 Å². The predicted octanol–water partition coefficient (Wildman–Crippen LogP) is 1.67. The van der Waals surface area contributed by atoms with Gasteiger partial charge in [-0.15, -0.1) is 0 Å². The monoisotopic (exact) mass is 298 g/mol. The maximum atomic E-state index is 12.1. The number of hydrogen-bond donors (Lipinski definition) is 2. The smallest absolute Gasteiger partial charge is 0.240 e. The number of aryl methyl sites for hydroxylation is 1. The van der Waals surface area contributed by atoms with E-state index in [1.54, 1.807) is 19.1 Å². The van der Waals surface area contributed by atoms with Crippen LogP contribution in [0.2, 0.25) is 0 Å². The van der Waals surface area contributed by atoms with Gasteiger partial charge in [0.1, 0.15) is 0 Å². The lowest BCUT2D eigenvalue weighted by molar-refractivity contribution is 0.123. The lowest BCUT2D eigenvalue weighted by Gasteiger charge is -2.10. The Morgan fingerprint density at radius 1 is 1.40 bits per heavy atom. The summed E-state index contributed by atoms with van der Waals surface area (Å²) in [5.74, 6) is 0.740. The molecular weight excluding hydrogens is 276 g/mol. The molecule has 0 saturated heterocycles. The molecule has 0 bridgehead atoms. The molecule has 1 fully saturated rings. The molecule has 112 valence electrons. The number of nitrogens with one attached hydrogen (secondary N) is 1. The van der Waals surface area contributed by atoms with Crippen molar-refractivity contribution in [1.29, 1.82) is 0 Å². The van der Waals surface area contributed by atoms with Crippen molar-refractivity contribution in [2.24, 2.45) is 5.92 Å². The maximum absolute atomic E-state index is 12.1. The maximum Gasteiger partial charge on any atom is 0.240 e. The molecule has 0 spiro atoms. The van der Waals surface area contributed by atoms with Crippen LogP contribution in [0.15, 0.2) is 23.1 Å². The third-order valence-corrected chi connectivity index (χ3v) is 4.92. The van der Waals surface area contributed by atoms with Crippen molar-refractivity contribution in [3.8, 4) is 0 Å². The van der Waals surface area contributed by atoms with Crippen LogP contribution in [-0.2, 0) is 14.8 Å². The first-order valence-electron chi connectivity index (χ1n) is 6.92. The van der Waals surface area contributed by atoms with Gasteiger partial charge in [-0.2, -0.15) is 0 Å². The third kappa shape index (κ3) is 4.47. The van der Waals surface area contributed by atoms with Gasteiger partial charge in [-0.3, -0.25) is 0 Å². The molecule has 0 unspecified atom stereocenters. The van der Waals surface area contributed by atoms with Gasteiger partial charge in [0.2, 0.25) is 10.0 Å². The van der Waals surface area contributed by atoms with E-state index in [-0.39, 0.29) is 4.90 Å². The summed E-state index contributed by atoms with van der Waals surface area (Å²) in [6.45, 7) is 3.53. The van der Waals surface area contributed by atoms with E-state index < -0.39 is 10.0 Å². The van der Waals surface area contributed by atoms with Crippen LogP contribution in [0.5, 0.6) is 0 Å². The van der Waals surface area contributed by atoms with Gasteiger partial charge in [0.05, 0.1) is 4.90 Å². The molecule has 5 nitrogen and oxygen atoms in total. The van der Waals surface area contributed by atoms with Crippen LogP contribution >= 0.6 is 0 Å². The first-order valence-corrected chi connectivity index (χ1v) is 8.41. The second kappa shape index (κ2) is 6.56. The van der Waals surface area contributed by atoms with Gasteiger partial charge in [-0.1, -0.05) is 0 Å². The van der Waals surface area contributed by atoms with Crippen molar-refractivity contribution < 1.29 is 13.2 Å². The molecule has 1 aliphatic rings. The van der Waals surface area contributed by atoms with Crippen LogP contribution in [0.25, 0.3) is 0 Å². The van der Waals surface area contributed by atoms with Gasteiger partial charge in [0.25, 0.3) is 0 Å². The summed E-state index contributed by atoms with van der Waals surface area (Å²) < 4.78 is 32.3. The van der Waals surface area contributed by atoms with Crippen LogP contribution in [0, 0.1) is 12.8 Å². The molecule has 20 heavy (non-hydrogen) atoms. The first-order chi connectivity index (χ1) is 9.49. The van der Waals surface area contributed by atoms with E-state index in [2.05, 4.69) is 4.72 Å². The Kier molecular flexibility index (Phi) is 5.01. The van der Waals surface area contributed by atoms with Crippen LogP contribution in [0.4, 0.5) is 5.69 Å². The molecule has 1 aromatic carbocycles. The highest BCUT2D eigenvalue weighted by molar-refractivity contribution is 7.89. The average Bonchev–Trinajstić information content (AvgIpc) is 3.17. The Bertz CT molecular complexity index is 554. The number of anilines is 1. The molecule has 3 N–H and O–H groups in total. The summed E-state index contributed by atoms with van der Waals surface area (Å²) in [4.78, 5) is 0.283. The van der Waals surface area contributed by atoms with E-state index in [9.17, 15) is 8.42 Å². The molecule has 1 aliphatic carbocycles. The second-order valence-corrected chi connectivity index (χ2v) is 7.03. The number of ether oxygens (including phenoxy) is 1. The van der Waals surface area contributed by atoms with Crippen molar-refractivity contribution in [2.75, 3.05) is 25.5 Å². The van der Waals surface area contributed by atoms with Gasteiger partial charge < -0.3 is 10.5 Å². The normalized spacial score (nSPS) is 15.4. The molecule has 2 rings (SSSR count). The summed E-state index contributed by atoms with van der Waals surface area (Å²) in [6.07, 6.45) is 3.21. The zero-order chi connectivity index (χ0) is 14.6. The van der Waals surface area contributed by atoms with Crippen molar-refractivity contribution >= 4 is 15.7 Å². The topological polar surface area (TPSA) is 81.4 Å². The molecule has 1 saturated carbocycles. The van der Waals surface area contributed by atoms with Crippen molar-refractivity contribution in [1.82, 2.24) is 4.72 Å². The number of nitrogens with two attached hydrogens (primary N) is 1. The number of sulfonamides is 1. The van der Waals surface area contributed by atoms with Gasteiger partial charge in [0.15, 0.2) is 0 Å². The highest BCUT2D eigenvalue weighted by Crippen LogP contribution is 2.28. The summed E-state index contributed by atoms with van der Waals surface area (Å²) >= 11 is 0. The molecule has 1 aromatic rings. The van der Waals surface area contributed by atoms with E-state index in [0.717, 1.165) is 12.5 Å². The van der Waals surface area contributed by atoms with Crippen molar-refractivity contribution in [2.45, 2.75) is 31.1 Å². The highest BCUT2D eigenvalue weighted by Gasteiger charge is 2.21. The average molecular weight is 298 g/mol. The van der Waals surface area contributed by atoms with E-state index in [1.807, 2.05) is 0 Å². The molecule has 0 aliphatic heterocycles. The Morgan fingerprint density at radius 3 is 2.80 bits per heavy atom. The zero-order valence-corrected chi connectivity index (χ0v) is 12.6. The molecule has 0 atom stereocenters. The van der Waals surface area contributed by atoms with Gasteiger partial charge in [-0.25, -0.2) is 13.1 Å². The number of rotatable bonds is 8. The standard InChI is InChI=1S/C14H22N2O3S/c1-11-9-13(15)5-6-14(11)20(17,18)16-7-2-8-19-10-12-3-4-12/h5-6,9,12,16H,2-4,7-8,10,15H2,1H3. The minimum atomic E-state index is -3.46. The fourth-order valence-corrected chi connectivity index (χ4v) is 3.27. The number of nitrogen functional groups attached to an aromatic ring is 1. The lowest BCUT2D eigenvalue weighted by atomic mass is 10.2. The van der Waals surface area contributed by atoms with E-state index in [4.69, 9.17) is 10.5 Å². The fraction of sp³-hybridized carbons (Fsp3) is 0.571. The third-order valence-electron chi connectivity index (χ3n) is 3.30. The number of hydrogen-bond acceptors (Lipinski definition) is 4. The quantitative estimate of drug-likeness (QED) is 0.565. The minimum Gasteiger partial charge on any atom is -0.399 e. The molecule has 0 heterocycles. The van der Waals surface area contributed by atoms with E-state index in [0.29, 0.717) is 30.8 Å². The molecule has 0 aromatic heterocycles. The zero-order valence-electron chi connectivity index (χ0n) is 11.8. The Hall–Kier alpha value is -1.11. The lowest BCUT2D eigenvalue weighted by Crippen LogP contribution is -2.26. The SMILES string of the molecule is Cc1cc(N)ccc1S(=O)(=O)NCCCOCC1CC1. The van der Waals surface area contributed by atoms with Gasteiger partial charge in [-0.05, 0) is 55.9 Å². The minimum absolute atomic E-state index is 0.283. The van der Waals surface area contributed by atoms with Gasteiger partial charge in [0, 0.05) is 25.4 Å². The molecule has 0 amide bonds. The fourth-order valence-electron chi connectivity index (χ4n) is 1.97. The van der Waals surface area contributed by atoms with Gasteiger partial charge >= 0.3 is 0 Å². The Morgan fingerprint density at radius 2 is 2.15 bits per heavy atom. The first kappa shape index (κ1) is 15.3. The van der Waals surface area contributed by atoms with Crippen molar-refractivity contribution in [3.05, 3.63) is 23.8 Å². The van der Waals surface area contributed by atoms with Crippen LogP contribution in [0.1, 0.15) is 24.8 Å². The molecule has 0 radical (unpaired) electrons. The predicted molar refractivity (Wildman–Crippen MR) is 78.9 cm³/mol. The highest BCUT2D eigenvalue weighted by atomic mass is 32.2. The summed E-state index contributed by atoms with van der Waals surface area (Å²) in [6, 6.07) is 4.80. The van der Waals surface area contributed by atoms with Crippen LogP contribution < -0.4 is 10.5 Å². The van der Waals surface area contributed by atoms with Crippen LogP contribution in [0.3, 0.4) is 0 Å². The Labute approximate surface area is 120 Å². The Balaban J connectivity index is 1.77. The molecular formula is C14H22N2O3S. The largest absolute Gasteiger partial charge is 0.399 e. The van der Waals surface area contributed by atoms with E-state index >= 15 is 0 Å². The molecule has 6 heteroatoms. The number of benzene rings is 1. The summed E-state index contributed by atoms with van der Waals surface area (Å²) in [5.41, 5.74) is 6.84. The van der Waals surface area contributed by atoms with E-state index in [1.165, 1.54) is 18.9 Å². The summed E-state index contributed by atoms with van der Waals surface area (Å²) in [5, 5.41) is 0. The summed E-state index contributed by atoms with van der Waals surface area (Å²) in [7, 11) is -3.46.